The molecule has 9 heteroatoms. The summed E-state index contributed by atoms with van der Waals surface area (Å²) in [6, 6.07) is 16.1. The normalized spacial score (nSPS) is 17.5. The number of hydrogen-bond donors (Lipinski definition) is 2. The molecular weight excluding hydrogens is 436 g/mol. The molecule has 2 aromatic rings. The Morgan fingerprint density at radius 3 is 2.44 bits per heavy atom. The molecule has 9 nitrogen and oxygen atoms in total. The van der Waals surface area contributed by atoms with Crippen LogP contribution >= 0.6 is 0 Å². The number of allylic oxidation sites excluding steroid dienone is 1. The van der Waals surface area contributed by atoms with E-state index in [-0.39, 0.29) is 35.0 Å². The third kappa shape index (κ3) is 3.75. The van der Waals surface area contributed by atoms with Crippen molar-refractivity contribution in [2.24, 2.45) is 5.73 Å². The molecule has 2 heterocycles. The van der Waals surface area contributed by atoms with Gasteiger partial charge in [-0.25, -0.2) is 9.59 Å². The quantitative estimate of drug-likeness (QED) is 0.662. The average Bonchev–Trinajstić information content (AvgIpc) is 2.86. The van der Waals surface area contributed by atoms with Crippen molar-refractivity contribution in [3.63, 3.8) is 0 Å². The van der Waals surface area contributed by atoms with E-state index in [4.69, 9.17) is 15.2 Å². The number of amides is 1. The van der Waals surface area contributed by atoms with Crippen LogP contribution in [0, 0.1) is 11.3 Å². The van der Waals surface area contributed by atoms with Crippen LogP contribution in [-0.2, 0) is 36.8 Å². The number of nitriles is 1. The van der Waals surface area contributed by atoms with Crippen LogP contribution in [0.15, 0.2) is 71.2 Å². The van der Waals surface area contributed by atoms with E-state index in [1.807, 2.05) is 0 Å². The van der Waals surface area contributed by atoms with E-state index >= 15 is 0 Å². The highest BCUT2D eigenvalue weighted by atomic mass is 16.5. The summed E-state index contributed by atoms with van der Waals surface area (Å²) in [5.74, 6) is -2.71. The number of carbonyl (C=O) groups is 3. The predicted octanol–water partition coefficient (Wildman–Crippen LogP) is 1.76. The predicted molar refractivity (Wildman–Crippen MR) is 122 cm³/mol. The lowest BCUT2D eigenvalue weighted by molar-refractivity contribution is -0.139. The van der Waals surface area contributed by atoms with E-state index in [9.17, 15) is 19.6 Å². The van der Waals surface area contributed by atoms with Crippen LogP contribution in [0.1, 0.15) is 22.6 Å². The molecule has 0 saturated carbocycles. The number of nitrogens with zero attached hydrogens (tertiary/aromatic N) is 2. The minimum atomic E-state index is -0.938. The number of ether oxygens (including phenoxy) is 2. The number of hydrogen-bond acceptors (Lipinski definition) is 8. The van der Waals surface area contributed by atoms with Gasteiger partial charge in [-0.3, -0.25) is 9.69 Å². The van der Waals surface area contributed by atoms with Crippen molar-refractivity contribution in [1.29, 1.82) is 5.26 Å². The first kappa shape index (κ1) is 22.6. The molecule has 172 valence electrons. The van der Waals surface area contributed by atoms with Crippen LogP contribution in [0.5, 0.6) is 0 Å². The van der Waals surface area contributed by atoms with Gasteiger partial charge < -0.3 is 20.5 Å². The molecule has 4 rings (SSSR count). The van der Waals surface area contributed by atoms with Gasteiger partial charge in [-0.05, 0) is 28.8 Å². The van der Waals surface area contributed by atoms with Gasteiger partial charge in [-0.15, -0.1) is 0 Å². The summed E-state index contributed by atoms with van der Waals surface area (Å²) in [4.78, 5) is 39.4. The lowest BCUT2D eigenvalue weighted by atomic mass is 9.81. The zero-order valence-corrected chi connectivity index (χ0v) is 18.6. The molecule has 2 aliphatic rings. The summed E-state index contributed by atoms with van der Waals surface area (Å²) in [6.45, 7) is 0.381. The van der Waals surface area contributed by atoms with Gasteiger partial charge in [0.25, 0.3) is 0 Å². The lowest BCUT2D eigenvalue weighted by Crippen LogP contribution is -2.41. The van der Waals surface area contributed by atoms with Crippen LogP contribution < -0.4 is 16.0 Å². The summed E-state index contributed by atoms with van der Waals surface area (Å²) in [5, 5.41) is 12.9. The number of rotatable bonds is 4. The van der Waals surface area contributed by atoms with Gasteiger partial charge in [0.1, 0.15) is 11.5 Å². The molecule has 0 spiro atoms. The minimum absolute atomic E-state index is 0.0235. The fourth-order valence-electron chi connectivity index (χ4n) is 4.30. The molecule has 0 radical (unpaired) electrons. The molecule has 0 bridgehead atoms. The van der Waals surface area contributed by atoms with Crippen molar-refractivity contribution in [3.05, 3.63) is 87.9 Å². The maximum atomic E-state index is 13.1. The van der Waals surface area contributed by atoms with Gasteiger partial charge in [0.2, 0.25) is 5.91 Å². The highest BCUT2D eigenvalue weighted by molar-refractivity contribution is 6.06. The smallest absolute Gasteiger partial charge is 0.355 e. The Balaban J connectivity index is 2.01. The van der Waals surface area contributed by atoms with Gasteiger partial charge >= 0.3 is 11.9 Å². The van der Waals surface area contributed by atoms with E-state index in [0.717, 1.165) is 11.1 Å². The molecule has 1 unspecified atom stereocenters. The monoisotopic (exact) mass is 458 g/mol. The average molecular weight is 458 g/mol. The maximum Gasteiger partial charge on any atom is 0.355 e. The summed E-state index contributed by atoms with van der Waals surface area (Å²) in [7, 11) is 2.39. The number of fused-ring (bicyclic) bond motifs is 1. The standard InChI is InChI=1S/C25H22N4O5/c1-33-24(31)21-20(14-6-4-3-5-7-14)18(12-26)23(27)29(22(21)25(32)34-2)17-9-8-15-13-28-19(30)11-16(15)10-17/h3-10,20H,11,13,27H2,1-2H3,(H,28,30). The number of anilines is 1. The second kappa shape index (κ2) is 9.11. The molecular formula is C25H22N4O5. The third-order valence-corrected chi connectivity index (χ3v) is 5.89. The van der Waals surface area contributed by atoms with Crippen molar-refractivity contribution in [2.45, 2.75) is 18.9 Å². The number of nitrogens with one attached hydrogen (secondary N) is 1. The zero-order chi connectivity index (χ0) is 24.4. The summed E-state index contributed by atoms with van der Waals surface area (Å²) in [6.07, 6.45) is 0.152. The summed E-state index contributed by atoms with van der Waals surface area (Å²) < 4.78 is 10.1. The minimum Gasteiger partial charge on any atom is -0.466 e. The first-order valence-electron chi connectivity index (χ1n) is 10.4. The van der Waals surface area contributed by atoms with Crippen LogP contribution in [0.4, 0.5) is 5.69 Å². The fraction of sp³-hybridized carbons (Fsp3) is 0.200. The number of esters is 2. The van der Waals surface area contributed by atoms with Gasteiger partial charge in [0.15, 0.2) is 0 Å². The van der Waals surface area contributed by atoms with Crippen LogP contribution in [0.25, 0.3) is 0 Å². The molecule has 3 N–H and O–H groups in total. The van der Waals surface area contributed by atoms with Crippen LogP contribution in [0.3, 0.4) is 0 Å². The second-order valence-electron chi connectivity index (χ2n) is 7.74. The van der Waals surface area contributed by atoms with Gasteiger partial charge in [-0.2, -0.15) is 5.26 Å². The Kier molecular flexibility index (Phi) is 6.06. The highest BCUT2D eigenvalue weighted by Gasteiger charge is 2.43. The van der Waals surface area contributed by atoms with Crippen molar-refractivity contribution in [2.75, 3.05) is 19.1 Å². The fourth-order valence-corrected chi connectivity index (χ4v) is 4.30. The largest absolute Gasteiger partial charge is 0.466 e. The molecule has 1 atom stereocenters. The number of methoxy groups -OCH3 is 2. The second-order valence-corrected chi connectivity index (χ2v) is 7.74. The maximum absolute atomic E-state index is 13.1. The van der Waals surface area contributed by atoms with E-state index < -0.39 is 17.9 Å². The Hall–Kier alpha value is -4.58. The molecule has 2 aromatic carbocycles. The Bertz CT molecular complexity index is 1290. The van der Waals surface area contributed by atoms with Crippen molar-refractivity contribution in [1.82, 2.24) is 5.32 Å². The molecule has 0 saturated heterocycles. The van der Waals surface area contributed by atoms with E-state index in [0.29, 0.717) is 17.8 Å². The SMILES string of the molecule is COC(=O)C1=C(C(=O)OC)N(c2ccc3c(c2)CC(=O)NC3)C(N)=C(C#N)C1c1ccccc1. The van der Waals surface area contributed by atoms with Gasteiger partial charge in [0, 0.05) is 12.2 Å². The topological polar surface area (TPSA) is 135 Å². The number of nitrogens with two attached hydrogens (primary N) is 1. The molecule has 0 fully saturated rings. The highest BCUT2D eigenvalue weighted by Crippen LogP contribution is 2.43. The first-order chi connectivity index (χ1) is 16.4. The Morgan fingerprint density at radius 2 is 1.79 bits per heavy atom. The van der Waals surface area contributed by atoms with Gasteiger partial charge in [-0.1, -0.05) is 36.4 Å². The van der Waals surface area contributed by atoms with E-state index in [2.05, 4.69) is 11.4 Å². The van der Waals surface area contributed by atoms with Crippen molar-refractivity contribution >= 4 is 23.5 Å². The van der Waals surface area contributed by atoms with Gasteiger partial charge in [0.05, 0.1) is 43.8 Å². The third-order valence-electron chi connectivity index (χ3n) is 5.89. The Labute approximate surface area is 196 Å². The number of benzene rings is 2. The van der Waals surface area contributed by atoms with E-state index in [1.54, 1.807) is 48.5 Å². The Morgan fingerprint density at radius 1 is 1.09 bits per heavy atom. The van der Waals surface area contributed by atoms with Crippen molar-refractivity contribution in [3.8, 4) is 6.07 Å². The first-order valence-corrected chi connectivity index (χ1v) is 10.4. The molecule has 1 amide bonds. The van der Waals surface area contributed by atoms with Crippen LogP contribution in [0.2, 0.25) is 0 Å². The lowest BCUT2D eigenvalue weighted by Gasteiger charge is -2.36. The number of carbonyl (C=O) groups excluding carboxylic acids is 3. The van der Waals surface area contributed by atoms with Crippen molar-refractivity contribution < 1.29 is 23.9 Å². The van der Waals surface area contributed by atoms with Crippen LogP contribution in [-0.4, -0.2) is 32.1 Å². The molecule has 2 aliphatic heterocycles. The molecule has 34 heavy (non-hydrogen) atoms. The summed E-state index contributed by atoms with van der Waals surface area (Å²) in [5.41, 5.74) is 9.02. The summed E-state index contributed by atoms with van der Waals surface area (Å²) >= 11 is 0. The van der Waals surface area contributed by atoms with E-state index in [1.165, 1.54) is 19.1 Å². The molecule has 0 aliphatic carbocycles. The zero-order valence-electron chi connectivity index (χ0n) is 18.6. The molecule has 0 aromatic heterocycles.